The van der Waals surface area contributed by atoms with E-state index in [9.17, 15) is 0 Å². The third-order valence-electron chi connectivity index (χ3n) is 2.58. The van der Waals surface area contributed by atoms with Crippen LogP contribution in [0.15, 0.2) is 20.7 Å². The Hall–Kier alpha value is -0.880. The molecule has 1 aliphatic rings. The van der Waals surface area contributed by atoms with Crippen molar-refractivity contribution in [2.45, 2.75) is 5.92 Å². The Kier molecular flexibility index (Phi) is 2.07. The van der Waals surface area contributed by atoms with Gasteiger partial charge in [-0.3, -0.25) is 0 Å². The number of aromatic nitrogens is 2. The first kappa shape index (κ1) is 9.35. The summed E-state index contributed by atoms with van der Waals surface area (Å²) in [7, 11) is 2.05. The van der Waals surface area contributed by atoms with Crippen molar-refractivity contribution in [3.8, 4) is 0 Å². The van der Waals surface area contributed by atoms with Crippen molar-refractivity contribution in [1.29, 1.82) is 0 Å². The number of rotatable bonds is 1. The normalized spacial score (nSPS) is 19.6. The van der Waals surface area contributed by atoms with Crippen molar-refractivity contribution < 1.29 is 4.42 Å². The second kappa shape index (κ2) is 3.31. The van der Waals surface area contributed by atoms with E-state index in [0.29, 0.717) is 0 Å². The molecule has 0 aromatic carbocycles. The van der Waals surface area contributed by atoms with E-state index in [1.165, 1.54) is 11.5 Å². The van der Waals surface area contributed by atoms with Crippen LogP contribution in [0.1, 0.15) is 17.5 Å². The van der Waals surface area contributed by atoms with Gasteiger partial charge in [0.1, 0.15) is 11.3 Å². The molecule has 1 unspecified atom stereocenters. The lowest BCUT2D eigenvalue weighted by Gasteiger charge is -2.10. The lowest BCUT2D eigenvalue weighted by atomic mass is 10.1. The van der Waals surface area contributed by atoms with Crippen molar-refractivity contribution in [1.82, 2.24) is 9.36 Å². The third-order valence-corrected chi connectivity index (χ3v) is 3.47. The monoisotopic (exact) mass is 285 g/mol. The van der Waals surface area contributed by atoms with Crippen LogP contribution >= 0.6 is 27.5 Å². The Labute approximate surface area is 99.2 Å². The molecular formula is C9H8BrN3OS. The molecule has 0 amide bonds. The van der Waals surface area contributed by atoms with Gasteiger partial charge in [-0.25, -0.2) is 4.98 Å². The largest absolute Gasteiger partial charge is 0.451 e. The summed E-state index contributed by atoms with van der Waals surface area (Å²) < 4.78 is 10.7. The van der Waals surface area contributed by atoms with Crippen LogP contribution in [0, 0.1) is 0 Å². The van der Waals surface area contributed by atoms with Crippen LogP contribution in [0.3, 0.4) is 0 Å². The molecule has 1 aliphatic heterocycles. The molecule has 0 saturated heterocycles. The quantitative estimate of drug-likeness (QED) is 0.807. The fourth-order valence-corrected chi connectivity index (χ4v) is 2.78. The fraction of sp³-hybridized carbons (Fsp3) is 0.333. The van der Waals surface area contributed by atoms with Crippen molar-refractivity contribution in [3.05, 3.63) is 27.8 Å². The summed E-state index contributed by atoms with van der Waals surface area (Å²) >= 11 is 4.72. The smallest absolute Gasteiger partial charge is 0.171 e. The number of halogens is 1. The van der Waals surface area contributed by atoms with Gasteiger partial charge in [0.25, 0.3) is 0 Å². The number of nitrogens with zero attached hydrogens (tertiary/aromatic N) is 3. The number of hydrogen-bond donors (Lipinski definition) is 0. The second-order valence-corrected chi connectivity index (χ2v) is 4.91. The predicted octanol–water partition coefficient (Wildman–Crippen LogP) is 2.48. The van der Waals surface area contributed by atoms with Crippen LogP contribution in [-0.2, 0) is 0 Å². The molecular weight excluding hydrogens is 278 g/mol. The molecule has 0 radical (unpaired) electrons. The zero-order chi connectivity index (χ0) is 10.4. The van der Waals surface area contributed by atoms with E-state index >= 15 is 0 Å². The number of furan rings is 1. The molecule has 3 rings (SSSR count). The van der Waals surface area contributed by atoms with E-state index in [-0.39, 0.29) is 5.92 Å². The summed E-state index contributed by atoms with van der Waals surface area (Å²) in [5.74, 6) is 1.98. The highest BCUT2D eigenvalue weighted by Gasteiger charge is 2.34. The molecule has 6 heteroatoms. The maximum Gasteiger partial charge on any atom is 0.171 e. The molecule has 78 valence electrons. The zero-order valence-electron chi connectivity index (χ0n) is 7.98. The highest BCUT2D eigenvalue weighted by Crippen LogP contribution is 2.41. The van der Waals surface area contributed by atoms with Gasteiger partial charge in [0.2, 0.25) is 0 Å². The average Bonchev–Trinajstić information content (AvgIpc) is 2.85. The SMILES string of the molecule is CN1CC(c2ncsn2)c2oc(Br)cc21. The summed E-state index contributed by atoms with van der Waals surface area (Å²) in [5.41, 5.74) is 2.88. The van der Waals surface area contributed by atoms with Crippen LogP contribution in [-0.4, -0.2) is 22.9 Å². The van der Waals surface area contributed by atoms with Gasteiger partial charge in [0.15, 0.2) is 10.5 Å². The Balaban J connectivity index is 2.08. The summed E-state index contributed by atoms with van der Waals surface area (Å²) in [4.78, 5) is 6.41. The van der Waals surface area contributed by atoms with Gasteiger partial charge in [0, 0.05) is 19.7 Å². The Morgan fingerprint density at radius 2 is 2.53 bits per heavy atom. The third kappa shape index (κ3) is 1.39. The maximum absolute atomic E-state index is 5.63. The van der Waals surface area contributed by atoms with E-state index < -0.39 is 0 Å². The van der Waals surface area contributed by atoms with Gasteiger partial charge in [0.05, 0.1) is 11.6 Å². The lowest BCUT2D eigenvalue weighted by molar-refractivity contribution is 0.475. The molecule has 0 fully saturated rings. The van der Waals surface area contributed by atoms with Crippen LogP contribution in [0.2, 0.25) is 0 Å². The molecule has 0 bridgehead atoms. The van der Waals surface area contributed by atoms with Gasteiger partial charge in [-0.2, -0.15) is 4.37 Å². The molecule has 2 aromatic rings. The summed E-state index contributed by atoms with van der Waals surface area (Å²) in [5, 5.41) is 0. The minimum absolute atomic E-state index is 0.169. The Bertz CT molecular complexity index is 482. The Morgan fingerprint density at radius 1 is 1.67 bits per heavy atom. The van der Waals surface area contributed by atoms with Gasteiger partial charge < -0.3 is 9.32 Å². The van der Waals surface area contributed by atoms with Crippen LogP contribution in [0.25, 0.3) is 0 Å². The van der Waals surface area contributed by atoms with Crippen molar-refractivity contribution >= 4 is 33.1 Å². The maximum atomic E-state index is 5.63. The first-order valence-corrected chi connectivity index (χ1v) is 6.15. The van der Waals surface area contributed by atoms with Crippen molar-refractivity contribution in [2.24, 2.45) is 0 Å². The topological polar surface area (TPSA) is 42.2 Å². The van der Waals surface area contributed by atoms with Gasteiger partial charge in [-0.05, 0) is 27.5 Å². The van der Waals surface area contributed by atoms with E-state index in [1.807, 2.05) is 13.1 Å². The van der Waals surface area contributed by atoms with Crippen molar-refractivity contribution in [3.63, 3.8) is 0 Å². The van der Waals surface area contributed by atoms with Crippen LogP contribution in [0.5, 0.6) is 0 Å². The lowest BCUT2D eigenvalue weighted by Crippen LogP contribution is -2.16. The number of likely N-dealkylation sites (N-methyl/N-ethyl adjacent to an activating group) is 1. The zero-order valence-corrected chi connectivity index (χ0v) is 10.4. The molecule has 0 aliphatic carbocycles. The molecule has 3 heterocycles. The van der Waals surface area contributed by atoms with Gasteiger partial charge in [-0.1, -0.05) is 0 Å². The molecule has 1 atom stereocenters. The average molecular weight is 286 g/mol. The molecule has 0 N–H and O–H groups in total. The summed E-state index contributed by atoms with van der Waals surface area (Å²) in [6, 6.07) is 1.99. The highest BCUT2D eigenvalue weighted by molar-refractivity contribution is 9.10. The standard InChI is InChI=1S/C9H8BrN3OS/c1-13-3-5(9-11-4-15-12-9)8-6(13)2-7(10)14-8/h2,4-5H,3H2,1H3. The van der Waals surface area contributed by atoms with E-state index in [4.69, 9.17) is 4.42 Å². The van der Waals surface area contributed by atoms with Crippen LogP contribution < -0.4 is 4.90 Å². The first-order valence-electron chi connectivity index (χ1n) is 4.52. The minimum atomic E-state index is 0.169. The van der Waals surface area contributed by atoms with Crippen LogP contribution in [0.4, 0.5) is 5.69 Å². The second-order valence-electron chi connectivity index (χ2n) is 3.52. The number of fused-ring (bicyclic) bond motifs is 1. The summed E-state index contributed by atoms with van der Waals surface area (Å²) in [6.07, 6.45) is 0. The predicted molar refractivity (Wildman–Crippen MR) is 61.4 cm³/mol. The number of anilines is 1. The van der Waals surface area contributed by atoms with Gasteiger partial charge >= 0.3 is 0 Å². The van der Waals surface area contributed by atoms with E-state index in [1.54, 1.807) is 5.51 Å². The molecule has 0 saturated carbocycles. The van der Waals surface area contributed by atoms with E-state index in [2.05, 4.69) is 30.2 Å². The molecule has 15 heavy (non-hydrogen) atoms. The van der Waals surface area contributed by atoms with Crippen molar-refractivity contribution in [2.75, 3.05) is 18.5 Å². The Morgan fingerprint density at radius 3 is 3.27 bits per heavy atom. The minimum Gasteiger partial charge on any atom is -0.451 e. The van der Waals surface area contributed by atoms with Gasteiger partial charge in [-0.15, -0.1) is 0 Å². The van der Waals surface area contributed by atoms with E-state index in [0.717, 1.165) is 28.5 Å². The first-order chi connectivity index (χ1) is 7.25. The molecule has 0 spiro atoms. The number of hydrogen-bond acceptors (Lipinski definition) is 5. The fourth-order valence-electron chi connectivity index (χ4n) is 1.90. The highest BCUT2D eigenvalue weighted by atomic mass is 79.9. The molecule has 2 aromatic heterocycles. The summed E-state index contributed by atoms with van der Waals surface area (Å²) in [6.45, 7) is 0.887. The molecule has 4 nitrogen and oxygen atoms in total.